The highest BCUT2D eigenvalue weighted by molar-refractivity contribution is 9.10. The van der Waals surface area contributed by atoms with Gasteiger partial charge in [-0.3, -0.25) is 0 Å². The van der Waals surface area contributed by atoms with Crippen LogP contribution in [-0.4, -0.2) is 13.1 Å². The molecule has 1 aromatic rings. The van der Waals surface area contributed by atoms with Crippen LogP contribution < -0.4 is 5.32 Å². The average Bonchev–Trinajstić information content (AvgIpc) is 2.30. The van der Waals surface area contributed by atoms with Crippen molar-refractivity contribution >= 4 is 15.9 Å². The van der Waals surface area contributed by atoms with Gasteiger partial charge in [-0.25, -0.2) is 0 Å². The lowest BCUT2D eigenvalue weighted by atomic mass is 9.86. The molecule has 0 amide bonds. The molecule has 82 valence electrons. The minimum Gasteiger partial charge on any atom is -0.317 e. The molecule has 0 radical (unpaired) electrons. The third kappa shape index (κ3) is 2.61. The number of piperidine rings is 1. The van der Waals surface area contributed by atoms with E-state index in [9.17, 15) is 0 Å². The average molecular weight is 268 g/mol. The molecule has 2 heteroatoms. The summed E-state index contributed by atoms with van der Waals surface area (Å²) in [6.07, 6.45) is 3.71. The first-order chi connectivity index (χ1) is 7.31. The van der Waals surface area contributed by atoms with Crippen molar-refractivity contribution in [2.75, 3.05) is 13.1 Å². The highest BCUT2D eigenvalue weighted by Crippen LogP contribution is 2.30. The van der Waals surface area contributed by atoms with Crippen molar-refractivity contribution < 1.29 is 0 Å². The molecule has 1 aliphatic rings. The number of aryl methyl sites for hydroxylation is 1. The maximum Gasteiger partial charge on any atom is 0.0178 e. The van der Waals surface area contributed by atoms with Crippen molar-refractivity contribution in [2.45, 2.75) is 32.1 Å². The minimum atomic E-state index is 0.772. The van der Waals surface area contributed by atoms with Crippen LogP contribution in [0.1, 0.15) is 36.8 Å². The standard InChI is InChI=1S/C13H18BrN/c1-2-10-9-12(14)3-4-13(10)11-5-7-15-8-6-11/h3-4,9,11,15H,2,5-8H2,1H3. The molecule has 1 heterocycles. The summed E-state index contributed by atoms with van der Waals surface area (Å²) < 4.78 is 1.21. The number of nitrogens with one attached hydrogen (secondary N) is 1. The molecular formula is C13H18BrN. The fraction of sp³-hybridized carbons (Fsp3) is 0.538. The van der Waals surface area contributed by atoms with Crippen molar-refractivity contribution in [1.29, 1.82) is 0 Å². The Labute approximate surface area is 100 Å². The van der Waals surface area contributed by atoms with Gasteiger partial charge in [0, 0.05) is 4.47 Å². The van der Waals surface area contributed by atoms with Crippen LogP contribution in [0.3, 0.4) is 0 Å². The van der Waals surface area contributed by atoms with Crippen LogP contribution >= 0.6 is 15.9 Å². The molecular weight excluding hydrogens is 250 g/mol. The van der Waals surface area contributed by atoms with Crippen LogP contribution in [0.2, 0.25) is 0 Å². The summed E-state index contributed by atoms with van der Waals surface area (Å²) in [6, 6.07) is 6.76. The first kappa shape index (κ1) is 11.2. The largest absolute Gasteiger partial charge is 0.317 e. The monoisotopic (exact) mass is 267 g/mol. The molecule has 1 saturated heterocycles. The Bertz CT molecular complexity index is 329. The Hall–Kier alpha value is -0.340. The topological polar surface area (TPSA) is 12.0 Å². The first-order valence-corrected chi connectivity index (χ1v) is 6.59. The molecule has 0 spiro atoms. The zero-order valence-electron chi connectivity index (χ0n) is 9.22. The zero-order valence-corrected chi connectivity index (χ0v) is 10.8. The Morgan fingerprint density at radius 3 is 2.73 bits per heavy atom. The summed E-state index contributed by atoms with van der Waals surface area (Å²) in [5, 5.41) is 3.42. The lowest BCUT2D eigenvalue weighted by molar-refractivity contribution is 0.458. The molecule has 0 aliphatic carbocycles. The van der Waals surface area contributed by atoms with Gasteiger partial charge >= 0.3 is 0 Å². The molecule has 0 saturated carbocycles. The van der Waals surface area contributed by atoms with Gasteiger partial charge in [0.2, 0.25) is 0 Å². The van der Waals surface area contributed by atoms with Crippen LogP contribution in [-0.2, 0) is 6.42 Å². The van der Waals surface area contributed by atoms with E-state index in [4.69, 9.17) is 0 Å². The van der Waals surface area contributed by atoms with Crippen molar-refractivity contribution in [1.82, 2.24) is 5.32 Å². The lowest BCUT2D eigenvalue weighted by Crippen LogP contribution is -2.27. The molecule has 0 unspecified atom stereocenters. The molecule has 1 aliphatic heterocycles. The summed E-state index contributed by atoms with van der Waals surface area (Å²) in [5.74, 6) is 0.772. The normalized spacial score (nSPS) is 18.0. The van der Waals surface area contributed by atoms with E-state index in [0.717, 1.165) is 12.3 Å². The van der Waals surface area contributed by atoms with Gasteiger partial charge in [0.05, 0.1) is 0 Å². The van der Waals surface area contributed by atoms with Gasteiger partial charge in [-0.1, -0.05) is 28.9 Å². The van der Waals surface area contributed by atoms with Crippen molar-refractivity contribution in [2.24, 2.45) is 0 Å². The van der Waals surface area contributed by atoms with E-state index in [1.807, 2.05) is 0 Å². The van der Waals surface area contributed by atoms with Crippen molar-refractivity contribution in [3.63, 3.8) is 0 Å². The summed E-state index contributed by atoms with van der Waals surface area (Å²) >= 11 is 3.55. The van der Waals surface area contributed by atoms with Gasteiger partial charge in [-0.05, 0) is 61.5 Å². The van der Waals surface area contributed by atoms with E-state index >= 15 is 0 Å². The van der Waals surface area contributed by atoms with Gasteiger partial charge in [-0.2, -0.15) is 0 Å². The molecule has 15 heavy (non-hydrogen) atoms. The van der Waals surface area contributed by atoms with E-state index in [1.54, 1.807) is 5.56 Å². The smallest absolute Gasteiger partial charge is 0.0178 e. The van der Waals surface area contributed by atoms with Gasteiger partial charge in [0.1, 0.15) is 0 Å². The number of rotatable bonds is 2. The van der Waals surface area contributed by atoms with Gasteiger partial charge in [0.25, 0.3) is 0 Å². The van der Waals surface area contributed by atoms with Crippen LogP contribution in [0.15, 0.2) is 22.7 Å². The van der Waals surface area contributed by atoms with Crippen molar-refractivity contribution in [3.05, 3.63) is 33.8 Å². The minimum absolute atomic E-state index is 0.772. The second-order valence-electron chi connectivity index (χ2n) is 4.22. The van der Waals surface area contributed by atoms with Gasteiger partial charge in [0.15, 0.2) is 0 Å². The fourth-order valence-corrected chi connectivity index (χ4v) is 2.82. The second kappa shape index (κ2) is 5.13. The van der Waals surface area contributed by atoms with E-state index in [0.29, 0.717) is 0 Å². The maximum absolute atomic E-state index is 3.55. The van der Waals surface area contributed by atoms with E-state index in [1.165, 1.54) is 36.0 Å². The third-order valence-corrected chi connectivity index (χ3v) is 3.76. The second-order valence-corrected chi connectivity index (χ2v) is 5.14. The van der Waals surface area contributed by atoms with Crippen LogP contribution in [0.25, 0.3) is 0 Å². The summed E-state index contributed by atoms with van der Waals surface area (Å²) in [5.41, 5.74) is 3.08. The maximum atomic E-state index is 3.55. The van der Waals surface area contributed by atoms with E-state index < -0.39 is 0 Å². The number of hydrogen-bond acceptors (Lipinski definition) is 1. The van der Waals surface area contributed by atoms with Crippen LogP contribution in [0, 0.1) is 0 Å². The van der Waals surface area contributed by atoms with Gasteiger partial charge < -0.3 is 5.32 Å². The fourth-order valence-electron chi connectivity index (χ4n) is 2.41. The molecule has 0 atom stereocenters. The molecule has 0 aromatic heterocycles. The summed E-state index contributed by atoms with van der Waals surface area (Å²) in [7, 11) is 0. The highest BCUT2D eigenvalue weighted by atomic mass is 79.9. The highest BCUT2D eigenvalue weighted by Gasteiger charge is 2.17. The molecule has 1 fully saturated rings. The van der Waals surface area contributed by atoms with Crippen LogP contribution in [0.4, 0.5) is 0 Å². The summed E-state index contributed by atoms with van der Waals surface area (Å²) in [6.45, 7) is 4.58. The SMILES string of the molecule is CCc1cc(Br)ccc1C1CCNCC1. The Balaban J connectivity index is 2.25. The number of hydrogen-bond donors (Lipinski definition) is 1. The first-order valence-electron chi connectivity index (χ1n) is 5.80. The zero-order chi connectivity index (χ0) is 10.7. The third-order valence-electron chi connectivity index (χ3n) is 3.26. The van der Waals surface area contributed by atoms with E-state index in [-0.39, 0.29) is 0 Å². The Morgan fingerprint density at radius 1 is 1.33 bits per heavy atom. The van der Waals surface area contributed by atoms with Crippen molar-refractivity contribution in [3.8, 4) is 0 Å². The molecule has 0 bridgehead atoms. The number of benzene rings is 1. The quantitative estimate of drug-likeness (QED) is 0.865. The predicted molar refractivity (Wildman–Crippen MR) is 68.4 cm³/mol. The Morgan fingerprint density at radius 2 is 2.07 bits per heavy atom. The number of halogens is 1. The molecule has 1 N–H and O–H groups in total. The summed E-state index contributed by atoms with van der Waals surface area (Å²) in [4.78, 5) is 0. The Kier molecular flexibility index (Phi) is 3.81. The molecule has 1 nitrogen and oxygen atoms in total. The predicted octanol–water partition coefficient (Wildman–Crippen LogP) is 3.48. The molecule has 1 aromatic carbocycles. The van der Waals surface area contributed by atoms with Gasteiger partial charge in [-0.15, -0.1) is 0 Å². The lowest BCUT2D eigenvalue weighted by Gasteiger charge is -2.25. The van der Waals surface area contributed by atoms with Crippen LogP contribution in [0.5, 0.6) is 0 Å². The molecule has 2 rings (SSSR count). The van der Waals surface area contributed by atoms with E-state index in [2.05, 4.69) is 46.4 Å².